The van der Waals surface area contributed by atoms with Crippen molar-refractivity contribution in [3.05, 3.63) is 40.7 Å². The molecule has 0 atom stereocenters. The molecule has 2 N–H and O–H groups in total. The fourth-order valence-corrected chi connectivity index (χ4v) is 1.79. The lowest BCUT2D eigenvalue weighted by Crippen LogP contribution is -2.02. The number of hydrogen-bond acceptors (Lipinski definition) is 4. The van der Waals surface area contributed by atoms with Gasteiger partial charge in [-0.25, -0.2) is 9.97 Å². The number of nitrogens with zero attached hydrogens (tertiary/aromatic N) is 2. The highest BCUT2D eigenvalue weighted by molar-refractivity contribution is 6.31. The minimum atomic E-state index is 0.331. The lowest BCUT2D eigenvalue weighted by Gasteiger charge is -2.07. The quantitative estimate of drug-likeness (QED) is 0.925. The molecule has 0 aliphatic heterocycles. The van der Waals surface area contributed by atoms with Gasteiger partial charge in [-0.1, -0.05) is 23.7 Å². The summed E-state index contributed by atoms with van der Waals surface area (Å²) < 4.78 is 5.01. The summed E-state index contributed by atoms with van der Waals surface area (Å²) in [6, 6.07) is 7.50. The van der Waals surface area contributed by atoms with Crippen molar-refractivity contribution in [1.82, 2.24) is 9.97 Å². The first kappa shape index (κ1) is 12.8. The molecule has 0 unspecified atom stereocenters. The first-order chi connectivity index (χ1) is 8.60. The molecule has 0 saturated carbocycles. The lowest BCUT2D eigenvalue weighted by atomic mass is 10.1. The van der Waals surface area contributed by atoms with E-state index in [0.29, 0.717) is 23.3 Å². The standard InChI is InChI=1S/C13H14ClN3O/c1-8-3-4-9(5-10(8)14)11-6-12(15)17-13(16-11)7-18-2/h3-6H,7H2,1-2H3,(H2,15,16,17). The second kappa shape index (κ2) is 5.33. The second-order valence-corrected chi connectivity index (χ2v) is 4.40. The van der Waals surface area contributed by atoms with Gasteiger partial charge in [-0.3, -0.25) is 0 Å². The fourth-order valence-electron chi connectivity index (χ4n) is 1.61. The molecule has 0 radical (unpaired) electrons. The Morgan fingerprint density at radius 2 is 2.06 bits per heavy atom. The van der Waals surface area contributed by atoms with E-state index in [2.05, 4.69) is 9.97 Å². The number of methoxy groups -OCH3 is 1. The minimum Gasteiger partial charge on any atom is -0.384 e. The molecule has 4 nitrogen and oxygen atoms in total. The molecule has 1 heterocycles. The van der Waals surface area contributed by atoms with E-state index in [9.17, 15) is 0 Å². The van der Waals surface area contributed by atoms with Crippen molar-refractivity contribution < 1.29 is 4.74 Å². The number of hydrogen-bond donors (Lipinski definition) is 1. The van der Waals surface area contributed by atoms with Crippen LogP contribution in [0, 0.1) is 6.92 Å². The third-order valence-electron chi connectivity index (χ3n) is 2.53. The van der Waals surface area contributed by atoms with Gasteiger partial charge in [0.25, 0.3) is 0 Å². The molecule has 0 spiro atoms. The van der Waals surface area contributed by atoms with Gasteiger partial charge in [0.05, 0.1) is 5.69 Å². The first-order valence-electron chi connectivity index (χ1n) is 5.49. The maximum Gasteiger partial charge on any atom is 0.157 e. The van der Waals surface area contributed by atoms with Gasteiger partial charge in [0.15, 0.2) is 5.82 Å². The van der Waals surface area contributed by atoms with Gasteiger partial charge in [-0.2, -0.15) is 0 Å². The zero-order chi connectivity index (χ0) is 13.1. The van der Waals surface area contributed by atoms with Crippen molar-refractivity contribution in [1.29, 1.82) is 0 Å². The average Bonchev–Trinajstić information content (AvgIpc) is 2.32. The smallest absolute Gasteiger partial charge is 0.157 e. The van der Waals surface area contributed by atoms with Crippen LogP contribution < -0.4 is 5.73 Å². The van der Waals surface area contributed by atoms with Crippen molar-refractivity contribution in [2.45, 2.75) is 13.5 Å². The molecule has 0 aliphatic rings. The van der Waals surface area contributed by atoms with E-state index < -0.39 is 0 Å². The number of ether oxygens (including phenoxy) is 1. The number of rotatable bonds is 3. The molecule has 0 bridgehead atoms. The van der Waals surface area contributed by atoms with E-state index in [4.69, 9.17) is 22.1 Å². The molecule has 2 rings (SSSR count). The van der Waals surface area contributed by atoms with Crippen LogP contribution in [0.2, 0.25) is 5.02 Å². The molecule has 0 amide bonds. The summed E-state index contributed by atoms with van der Waals surface area (Å²) in [5, 5.41) is 0.706. The molecular formula is C13H14ClN3O. The van der Waals surface area contributed by atoms with Gasteiger partial charge >= 0.3 is 0 Å². The van der Waals surface area contributed by atoms with Gasteiger partial charge in [0.1, 0.15) is 12.4 Å². The Morgan fingerprint density at radius 1 is 1.28 bits per heavy atom. The summed E-state index contributed by atoms with van der Waals surface area (Å²) in [5.74, 6) is 0.980. The average molecular weight is 264 g/mol. The van der Waals surface area contributed by atoms with E-state index in [1.165, 1.54) is 0 Å². The van der Waals surface area contributed by atoms with Crippen molar-refractivity contribution in [3.8, 4) is 11.3 Å². The molecule has 0 saturated heterocycles. The third-order valence-corrected chi connectivity index (χ3v) is 2.94. The van der Waals surface area contributed by atoms with Crippen LogP contribution in [0.25, 0.3) is 11.3 Å². The minimum absolute atomic E-state index is 0.331. The number of nitrogens with two attached hydrogens (primary N) is 1. The topological polar surface area (TPSA) is 61.0 Å². The number of nitrogen functional groups attached to an aromatic ring is 1. The molecule has 5 heteroatoms. The number of halogens is 1. The normalized spacial score (nSPS) is 10.6. The molecule has 1 aromatic heterocycles. The summed E-state index contributed by atoms with van der Waals surface area (Å²) in [6.07, 6.45) is 0. The van der Waals surface area contributed by atoms with E-state index in [-0.39, 0.29) is 0 Å². The van der Waals surface area contributed by atoms with Gasteiger partial charge in [-0.15, -0.1) is 0 Å². The maximum absolute atomic E-state index is 6.11. The van der Waals surface area contributed by atoms with Crippen LogP contribution in [-0.2, 0) is 11.3 Å². The second-order valence-electron chi connectivity index (χ2n) is 3.99. The van der Waals surface area contributed by atoms with Crippen molar-refractivity contribution in [3.63, 3.8) is 0 Å². The summed E-state index contributed by atoms with van der Waals surface area (Å²) in [5.41, 5.74) is 8.44. The van der Waals surface area contributed by atoms with Crippen molar-refractivity contribution in [2.75, 3.05) is 12.8 Å². The van der Waals surface area contributed by atoms with E-state index in [1.54, 1.807) is 13.2 Å². The fraction of sp³-hybridized carbons (Fsp3) is 0.231. The third kappa shape index (κ3) is 2.78. The highest BCUT2D eigenvalue weighted by Gasteiger charge is 2.06. The lowest BCUT2D eigenvalue weighted by molar-refractivity contribution is 0.178. The predicted molar refractivity (Wildman–Crippen MR) is 72.3 cm³/mol. The van der Waals surface area contributed by atoms with Crippen LogP contribution in [0.1, 0.15) is 11.4 Å². The van der Waals surface area contributed by atoms with Crippen molar-refractivity contribution >= 4 is 17.4 Å². The number of benzene rings is 1. The first-order valence-corrected chi connectivity index (χ1v) is 5.87. The molecule has 1 aromatic carbocycles. The molecule has 0 aliphatic carbocycles. The summed E-state index contributed by atoms with van der Waals surface area (Å²) >= 11 is 6.11. The van der Waals surface area contributed by atoms with Crippen LogP contribution in [0.4, 0.5) is 5.82 Å². The number of aromatic nitrogens is 2. The number of anilines is 1. The van der Waals surface area contributed by atoms with Crippen LogP contribution >= 0.6 is 11.6 Å². The largest absolute Gasteiger partial charge is 0.384 e. The molecule has 2 aromatic rings. The van der Waals surface area contributed by atoms with Crippen LogP contribution in [0.5, 0.6) is 0 Å². The van der Waals surface area contributed by atoms with Crippen LogP contribution in [0.15, 0.2) is 24.3 Å². The summed E-state index contributed by atoms with van der Waals surface area (Å²) in [4.78, 5) is 8.49. The summed E-state index contributed by atoms with van der Waals surface area (Å²) in [6.45, 7) is 2.29. The highest BCUT2D eigenvalue weighted by Crippen LogP contribution is 2.24. The van der Waals surface area contributed by atoms with Crippen molar-refractivity contribution in [2.24, 2.45) is 0 Å². The maximum atomic E-state index is 6.11. The Hall–Kier alpha value is -1.65. The SMILES string of the molecule is COCc1nc(N)cc(-c2ccc(C)c(Cl)c2)n1. The van der Waals surface area contributed by atoms with Crippen LogP contribution in [-0.4, -0.2) is 17.1 Å². The zero-order valence-corrected chi connectivity index (χ0v) is 11.0. The number of aryl methyl sites for hydroxylation is 1. The van der Waals surface area contributed by atoms with E-state index in [1.807, 2.05) is 25.1 Å². The Kier molecular flexibility index (Phi) is 3.79. The highest BCUT2D eigenvalue weighted by atomic mass is 35.5. The summed E-state index contributed by atoms with van der Waals surface area (Å²) in [7, 11) is 1.59. The van der Waals surface area contributed by atoms with Gasteiger partial charge < -0.3 is 10.5 Å². The van der Waals surface area contributed by atoms with E-state index >= 15 is 0 Å². The molecule has 94 valence electrons. The van der Waals surface area contributed by atoms with Gasteiger partial charge in [-0.05, 0) is 18.6 Å². The monoisotopic (exact) mass is 263 g/mol. The van der Waals surface area contributed by atoms with Gasteiger partial charge in [0, 0.05) is 23.8 Å². The predicted octanol–water partition coefficient (Wildman–Crippen LogP) is 2.83. The zero-order valence-electron chi connectivity index (χ0n) is 10.3. The molecule has 18 heavy (non-hydrogen) atoms. The van der Waals surface area contributed by atoms with Crippen LogP contribution in [0.3, 0.4) is 0 Å². The Labute approximate surface area is 111 Å². The molecule has 0 fully saturated rings. The van der Waals surface area contributed by atoms with E-state index in [0.717, 1.165) is 16.8 Å². The Bertz CT molecular complexity index is 572. The Balaban J connectivity index is 2.46. The van der Waals surface area contributed by atoms with Gasteiger partial charge in [0.2, 0.25) is 0 Å². The molecular weight excluding hydrogens is 250 g/mol. The Morgan fingerprint density at radius 3 is 2.72 bits per heavy atom.